The van der Waals surface area contributed by atoms with E-state index in [1.807, 2.05) is 12.1 Å². The third-order valence-corrected chi connectivity index (χ3v) is 4.93. The van der Waals surface area contributed by atoms with Gasteiger partial charge in [-0.25, -0.2) is 4.79 Å². The molecule has 0 atom stereocenters. The molecule has 0 saturated carbocycles. The van der Waals surface area contributed by atoms with Crippen molar-refractivity contribution in [3.05, 3.63) is 57.3 Å². The van der Waals surface area contributed by atoms with Crippen molar-refractivity contribution >= 4 is 29.7 Å². The number of carboxylic acid groups (broad SMARTS) is 1. The van der Waals surface area contributed by atoms with E-state index in [2.05, 4.69) is 29.2 Å². The molecule has 1 N–H and O–H groups in total. The van der Waals surface area contributed by atoms with Crippen molar-refractivity contribution in [1.29, 1.82) is 0 Å². The summed E-state index contributed by atoms with van der Waals surface area (Å²) in [6.45, 7) is 2.97. The van der Waals surface area contributed by atoms with Crippen LogP contribution in [0.3, 0.4) is 0 Å². The highest BCUT2D eigenvalue weighted by Gasteiger charge is 2.19. The number of rotatable bonds is 3. The number of halogens is 1. The Morgan fingerprint density at radius 3 is 2.62 bits per heavy atom. The fourth-order valence-corrected chi connectivity index (χ4v) is 3.68. The molecule has 21 heavy (non-hydrogen) atoms. The number of hydrogen-bond donors (Lipinski definition) is 1. The van der Waals surface area contributed by atoms with E-state index in [0.717, 1.165) is 32.5 Å². The smallest absolute Gasteiger partial charge is 0.345 e. The molecule has 1 aliphatic heterocycles. The zero-order valence-corrected chi connectivity index (χ0v) is 13.3. The molecule has 5 heteroatoms. The second-order valence-electron chi connectivity index (χ2n) is 5.13. The molecule has 0 bridgehead atoms. The molecule has 112 valence electrons. The molecule has 1 aliphatic rings. The first-order valence-corrected chi connectivity index (χ1v) is 7.65. The Kier molecular flexibility index (Phi) is 5.39. The number of fused-ring (bicyclic) bond motifs is 1. The standard InChI is InChI=1S/C16H17NO2S.ClH/c18-16(19)15-10-13-6-8-17(9-7-14(13)20-15)11-12-4-2-1-3-5-12;/h1-5,10H,6-9,11H2,(H,18,19);1H. The van der Waals surface area contributed by atoms with Gasteiger partial charge in [0, 0.05) is 24.5 Å². The van der Waals surface area contributed by atoms with Gasteiger partial charge >= 0.3 is 5.97 Å². The van der Waals surface area contributed by atoms with E-state index in [4.69, 9.17) is 5.11 Å². The van der Waals surface area contributed by atoms with E-state index in [1.165, 1.54) is 27.3 Å². The Balaban J connectivity index is 0.00000161. The normalized spacial score (nSPS) is 14.9. The Morgan fingerprint density at radius 2 is 1.90 bits per heavy atom. The van der Waals surface area contributed by atoms with Crippen molar-refractivity contribution < 1.29 is 9.90 Å². The van der Waals surface area contributed by atoms with Gasteiger partial charge in [-0.1, -0.05) is 30.3 Å². The topological polar surface area (TPSA) is 40.5 Å². The molecule has 0 fully saturated rings. The second kappa shape index (κ2) is 7.07. The number of thiophene rings is 1. The first kappa shape index (κ1) is 16.0. The Morgan fingerprint density at radius 1 is 1.19 bits per heavy atom. The summed E-state index contributed by atoms with van der Waals surface area (Å²) in [5.41, 5.74) is 2.56. The van der Waals surface area contributed by atoms with Crippen LogP contribution in [0, 0.1) is 0 Å². The Hall–Kier alpha value is -1.36. The maximum absolute atomic E-state index is 11.0. The summed E-state index contributed by atoms with van der Waals surface area (Å²) >= 11 is 1.44. The third kappa shape index (κ3) is 3.84. The second-order valence-corrected chi connectivity index (χ2v) is 6.26. The van der Waals surface area contributed by atoms with Crippen LogP contribution < -0.4 is 0 Å². The van der Waals surface area contributed by atoms with Crippen molar-refractivity contribution in [2.45, 2.75) is 19.4 Å². The lowest BCUT2D eigenvalue weighted by molar-refractivity contribution is 0.0702. The van der Waals surface area contributed by atoms with Crippen molar-refractivity contribution in [3.63, 3.8) is 0 Å². The highest BCUT2D eigenvalue weighted by Crippen LogP contribution is 2.26. The van der Waals surface area contributed by atoms with Crippen LogP contribution in [0.15, 0.2) is 36.4 Å². The van der Waals surface area contributed by atoms with Crippen molar-refractivity contribution in [2.24, 2.45) is 0 Å². The maximum Gasteiger partial charge on any atom is 0.345 e. The zero-order chi connectivity index (χ0) is 13.9. The maximum atomic E-state index is 11.0. The molecule has 3 rings (SSSR count). The highest BCUT2D eigenvalue weighted by molar-refractivity contribution is 7.14. The minimum atomic E-state index is -0.802. The van der Waals surface area contributed by atoms with Crippen molar-refractivity contribution in [2.75, 3.05) is 13.1 Å². The lowest BCUT2D eigenvalue weighted by Gasteiger charge is -2.19. The van der Waals surface area contributed by atoms with E-state index in [9.17, 15) is 4.79 Å². The fraction of sp³-hybridized carbons (Fsp3) is 0.312. The van der Waals surface area contributed by atoms with Gasteiger partial charge in [0.25, 0.3) is 0 Å². The van der Waals surface area contributed by atoms with Crippen molar-refractivity contribution in [1.82, 2.24) is 4.90 Å². The molecule has 0 radical (unpaired) electrons. The number of aromatic carboxylic acids is 1. The largest absolute Gasteiger partial charge is 0.477 e. The van der Waals surface area contributed by atoms with Gasteiger partial charge in [0.1, 0.15) is 4.88 Å². The summed E-state index contributed by atoms with van der Waals surface area (Å²) in [6.07, 6.45) is 1.91. The Labute approximate surface area is 134 Å². The number of benzene rings is 1. The monoisotopic (exact) mass is 323 g/mol. The van der Waals surface area contributed by atoms with Gasteiger partial charge in [0.15, 0.2) is 0 Å². The minimum absolute atomic E-state index is 0. The summed E-state index contributed by atoms with van der Waals surface area (Å²) in [5.74, 6) is -0.802. The first-order valence-electron chi connectivity index (χ1n) is 6.83. The Bertz CT molecular complexity index is 586. The SMILES string of the molecule is Cl.O=C(O)c1cc2c(s1)CCN(Cc1ccccc1)CC2. The molecule has 2 aromatic rings. The van der Waals surface area contributed by atoms with E-state index in [1.54, 1.807) is 0 Å². The fourth-order valence-electron chi connectivity index (χ4n) is 2.64. The van der Waals surface area contributed by atoms with Crippen LogP contribution in [0.25, 0.3) is 0 Å². The van der Waals surface area contributed by atoms with E-state index in [-0.39, 0.29) is 12.4 Å². The summed E-state index contributed by atoms with van der Waals surface area (Å²) in [5, 5.41) is 9.05. The van der Waals surface area contributed by atoms with E-state index < -0.39 is 5.97 Å². The molecule has 3 nitrogen and oxygen atoms in total. The molecule has 2 heterocycles. The van der Waals surface area contributed by atoms with E-state index in [0.29, 0.717) is 4.88 Å². The van der Waals surface area contributed by atoms with Crippen LogP contribution in [0.2, 0.25) is 0 Å². The summed E-state index contributed by atoms with van der Waals surface area (Å²) in [4.78, 5) is 15.2. The van der Waals surface area contributed by atoms with Crippen LogP contribution in [0.1, 0.15) is 25.7 Å². The average molecular weight is 324 g/mol. The van der Waals surface area contributed by atoms with Gasteiger partial charge in [0.2, 0.25) is 0 Å². The van der Waals surface area contributed by atoms with Gasteiger partial charge in [-0.15, -0.1) is 23.7 Å². The third-order valence-electron chi connectivity index (χ3n) is 3.71. The molecular weight excluding hydrogens is 306 g/mol. The van der Waals surface area contributed by atoms with Gasteiger partial charge in [-0.05, 0) is 30.0 Å². The first-order chi connectivity index (χ1) is 9.72. The summed E-state index contributed by atoms with van der Waals surface area (Å²) in [6, 6.07) is 12.4. The highest BCUT2D eigenvalue weighted by atomic mass is 35.5. The average Bonchev–Trinajstić information content (AvgIpc) is 2.78. The number of nitrogens with zero attached hydrogens (tertiary/aromatic N) is 1. The molecule has 1 aromatic carbocycles. The van der Waals surface area contributed by atoms with Crippen LogP contribution in [0.4, 0.5) is 0 Å². The molecule has 0 saturated heterocycles. The molecule has 0 aliphatic carbocycles. The summed E-state index contributed by atoms with van der Waals surface area (Å²) in [7, 11) is 0. The lowest BCUT2D eigenvalue weighted by Crippen LogP contribution is -2.25. The van der Waals surface area contributed by atoms with Gasteiger partial charge in [-0.3, -0.25) is 4.90 Å². The molecular formula is C16H18ClNO2S. The number of hydrogen-bond acceptors (Lipinski definition) is 3. The van der Waals surface area contributed by atoms with Gasteiger partial charge < -0.3 is 5.11 Å². The van der Waals surface area contributed by atoms with Crippen LogP contribution in [-0.4, -0.2) is 29.1 Å². The van der Waals surface area contributed by atoms with Crippen LogP contribution >= 0.6 is 23.7 Å². The predicted octanol–water partition coefficient (Wildman–Crippen LogP) is 3.47. The molecule has 1 aromatic heterocycles. The molecule has 0 amide bonds. The molecule has 0 unspecified atom stereocenters. The zero-order valence-electron chi connectivity index (χ0n) is 11.6. The van der Waals surface area contributed by atoms with E-state index >= 15 is 0 Å². The predicted molar refractivity (Wildman–Crippen MR) is 87.7 cm³/mol. The minimum Gasteiger partial charge on any atom is -0.477 e. The number of carboxylic acids is 1. The van der Waals surface area contributed by atoms with Gasteiger partial charge in [0.05, 0.1) is 0 Å². The number of carbonyl (C=O) groups is 1. The molecule has 0 spiro atoms. The van der Waals surface area contributed by atoms with Gasteiger partial charge in [-0.2, -0.15) is 0 Å². The quantitative estimate of drug-likeness (QED) is 0.940. The lowest BCUT2D eigenvalue weighted by atomic mass is 10.1. The van der Waals surface area contributed by atoms with Crippen LogP contribution in [0.5, 0.6) is 0 Å². The summed E-state index contributed by atoms with van der Waals surface area (Å²) < 4.78 is 0. The van der Waals surface area contributed by atoms with Crippen molar-refractivity contribution in [3.8, 4) is 0 Å². The van der Waals surface area contributed by atoms with Crippen LogP contribution in [-0.2, 0) is 19.4 Å².